The number of ether oxygens (including phenoxy) is 1. The van der Waals surface area contributed by atoms with Crippen LogP contribution >= 0.6 is 23.8 Å². The summed E-state index contributed by atoms with van der Waals surface area (Å²) in [6, 6.07) is 13.7. The first-order chi connectivity index (χ1) is 10.6. The van der Waals surface area contributed by atoms with Crippen LogP contribution in [0, 0.1) is 6.92 Å². The zero-order chi connectivity index (χ0) is 15.9. The topological polar surface area (TPSA) is 33.3 Å². The molecule has 2 aromatic rings. The van der Waals surface area contributed by atoms with Gasteiger partial charge >= 0.3 is 0 Å². The van der Waals surface area contributed by atoms with Crippen molar-refractivity contribution < 1.29 is 4.74 Å². The highest BCUT2D eigenvalue weighted by Gasteiger charge is 2.02. The van der Waals surface area contributed by atoms with Crippen LogP contribution in [0.15, 0.2) is 42.5 Å². The zero-order valence-electron chi connectivity index (χ0n) is 12.7. The molecule has 0 spiro atoms. The van der Waals surface area contributed by atoms with E-state index in [0.717, 1.165) is 35.0 Å². The van der Waals surface area contributed by atoms with Gasteiger partial charge in [-0.2, -0.15) is 0 Å². The standard InChI is InChI=1S/C17H19ClN2OS/c1-12-11-14(18)5-8-16(12)20-17(22)19-10-9-13-3-6-15(21-2)7-4-13/h3-8,11H,9-10H2,1-2H3,(H2,19,20,22). The molecule has 0 aliphatic carbocycles. The fourth-order valence-corrected chi connectivity index (χ4v) is 2.49. The lowest BCUT2D eigenvalue weighted by atomic mass is 10.1. The lowest BCUT2D eigenvalue weighted by Crippen LogP contribution is -2.30. The van der Waals surface area contributed by atoms with Crippen LogP contribution in [-0.2, 0) is 6.42 Å². The molecule has 3 nitrogen and oxygen atoms in total. The van der Waals surface area contributed by atoms with Gasteiger partial charge in [-0.1, -0.05) is 23.7 Å². The molecule has 5 heteroatoms. The van der Waals surface area contributed by atoms with Gasteiger partial charge in [-0.05, 0) is 67.0 Å². The Morgan fingerprint density at radius 1 is 1.18 bits per heavy atom. The molecule has 0 heterocycles. The number of benzene rings is 2. The number of halogens is 1. The van der Waals surface area contributed by atoms with E-state index in [4.69, 9.17) is 28.6 Å². The molecule has 0 radical (unpaired) electrons. The highest BCUT2D eigenvalue weighted by molar-refractivity contribution is 7.80. The first kappa shape index (κ1) is 16.6. The Balaban J connectivity index is 1.79. The molecule has 2 N–H and O–H groups in total. The molecule has 0 aliphatic heterocycles. The van der Waals surface area contributed by atoms with E-state index >= 15 is 0 Å². The van der Waals surface area contributed by atoms with Crippen molar-refractivity contribution in [2.75, 3.05) is 19.0 Å². The van der Waals surface area contributed by atoms with Gasteiger partial charge in [0.1, 0.15) is 5.75 Å². The molecule has 0 aliphatic rings. The average molecular weight is 335 g/mol. The van der Waals surface area contributed by atoms with Gasteiger partial charge in [-0.3, -0.25) is 0 Å². The van der Waals surface area contributed by atoms with Crippen LogP contribution in [0.3, 0.4) is 0 Å². The summed E-state index contributed by atoms with van der Waals surface area (Å²) in [5.41, 5.74) is 3.26. The van der Waals surface area contributed by atoms with E-state index in [0.29, 0.717) is 5.11 Å². The molecule has 0 amide bonds. The fraction of sp³-hybridized carbons (Fsp3) is 0.235. The van der Waals surface area contributed by atoms with E-state index < -0.39 is 0 Å². The first-order valence-corrected chi connectivity index (χ1v) is 7.81. The molecule has 0 bridgehead atoms. The quantitative estimate of drug-likeness (QED) is 0.803. The summed E-state index contributed by atoms with van der Waals surface area (Å²) in [7, 11) is 1.67. The predicted octanol–water partition coefficient (Wildman–Crippen LogP) is 4.19. The molecule has 116 valence electrons. The maximum Gasteiger partial charge on any atom is 0.170 e. The van der Waals surface area contributed by atoms with Crippen molar-refractivity contribution in [1.29, 1.82) is 0 Å². The van der Waals surface area contributed by atoms with E-state index in [1.807, 2.05) is 37.3 Å². The Bertz CT molecular complexity index is 644. The number of hydrogen-bond acceptors (Lipinski definition) is 2. The van der Waals surface area contributed by atoms with Gasteiger partial charge in [-0.15, -0.1) is 0 Å². The Labute approximate surface area is 141 Å². The molecule has 0 saturated carbocycles. The van der Waals surface area contributed by atoms with E-state index in [1.165, 1.54) is 5.56 Å². The van der Waals surface area contributed by atoms with E-state index in [-0.39, 0.29) is 0 Å². The summed E-state index contributed by atoms with van der Waals surface area (Å²) in [4.78, 5) is 0. The molecular formula is C17H19ClN2OS. The molecule has 0 unspecified atom stereocenters. The molecular weight excluding hydrogens is 316 g/mol. The van der Waals surface area contributed by atoms with E-state index in [9.17, 15) is 0 Å². The minimum absolute atomic E-state index is 0.610. The number of hydrogen-bond donors (Lipinski definition) is 2. The van der Waals surface area contributed by atoms with Crippen LogP contribution in [0.4, 0.5) is 5.69 Å². The molecule has 0 atom stereocenters. The van der Waals surface area contributed by atoms with Crippen LogP contribution in [0.2, 0.25) is 5.02 Å². The van der Waals surface area contributed by atoms with Gasteiger partial charge in [0.15, 0.2) is 5.11 Å². The summed E-state index contributed by atoms with van der Waals surface area (Å²) in [5.74, 6) is 0.868. The van der Waals surface area contributed by atoms with Crippen LogP contribution in [0.25, 0.3) is 0 Å². The Morgan fingerprint density at radius 2 is 1.91 bits per heavy atom. The maximum atomic E-state index is 5.94. The number of nitrogens with one attached hydrogen (secondary N) is 2. The van der Waals surface area contributed by atoms with Crippen LogP contribution < -0.4 is 15.4 Å². The third-order valence-electron chi connectivity index (χ3n) is 3.29. The number of rotatable bonds is 5. The van der Waals surface area contributed by atoms with Crippen LogP contribution in [-0.4, -0.2) is 18.8 Å². The molecule has 0 saturated heterocycles. The monoisotopic (exact) mass is 334 g/mol. The lowest BCUT2D eigenvalue weighted by molar-refractivity contribution is 0.414. The molecule has 0 aromatic heterocycles. The Morgan fingerprint density at radius 3 is 2.55 bits per heavy atom. The van der Waals surface area contributed by atoms with E-state index in [1.54, 1.807) is 7.11 Å². The SMILES string of the molecule is COc1ccc(CCNC(=S)Nc2ccc(Cl)cc2C)cc1. The molecule has 0 fully saturated rings. The third kappa shape index (κ3) is 4.90. The van der Waals surface area contributed by atoms with Crippen molar-refractivity contribution in [2.45, 2.75) is 13.3 Å². The van der Waals surface area contributed by atoms with Crippen molar-refractivity contribution in [3.8, 4) is 5.75 Å². The number of anilines is 1. The van der Waals surface area contributed by atoms with Gasteiger partial charge in [0.05, 0.1) is 7.11 Å². The second-order valence-electron chi connectivity index (χ2n) is 4.94. The summed E-state index contributed by atoms with van der Waals surface area (Å²) < 4.78 is 5.14. The zero-order valence-corrected chi connectivity index (χ0v) is 14.2. The van der Waals surface area contributed by atoms with Crippen molar-refractivity contribution >= 4 is 34.6 Å². The summed E-state index contributed by atoms with van der Waals surface area (Å²) >= 11 is 11.2. The van der Waals surface area contributed by atoms with E-state index in [2.05, 4.69) is 22.8 Å². The van der Waals surface area contributed by atoms with Crippen molar-refractivity contribution in [3.05, 3.63) is 58.6 Å². The first-order valence-electron chi connectivity index (χ1n) is 7.02. The van der Waals surface area contributed by atoms with Crippen molar-refractivity contribution in [1.82, 2.24) is 5.32 Å². The van der Waals surface area contributed by atoms with Gasteiger partial charge in [0.2, 0.25) is 0 Å². The van der Waals surface area contributed by atoms with Gasteiger partial charge in [0.25, 0.3) is 0 Å². The fourth-order valence-electron chi connectivity index (χ4n) is 2.05. The highest BCUT2D eigenvalue weighted by atomic mass is 35.5. The highest BCUT2D eigenvalue weighted by Crippen LogP contribution is 2.19. The van der Waals surface area contributed by atoms with Gasteiger partial charge in [0, 0.05) is 17.3 Å². The Hall–Kier alpha value is -1.78. The average Bonchev–Trinajstić information content (AvgIpc) is 2.51. The van der Waals surface area contributed by atoms with Gasteiger partial charge in [-0.25, -0.2) is 0 Å². The van der Waals surface area contributed by atoms with Crippen molar-refractivity contribution in [2.24, 2.45) is 0 Å². The third-order valence-corrected chi connectivity index (χ3v) is 3.78. The minimum atomic E-state index is 0.610. The number of methoxy groups -OCH3 is 1. The summed E-state index contributed by atoms with van der Waals surface area (Å²) in [5, 5.41) is 7.72. The van der Waals surface area contributed by atoms with Gasteiger partial charge < -0.3 is 15.4 Å². The normalized spacial score (nSPS) is 10.1. The minimum Gasteiger partial charge on any atom is -0.497 e. The molecule has 2 aromatic carbocycles. The number of thiocarbonyl (C=S) groups is 1. The summed E-state index contributed by atoms with van der Waals surface area (Å²) in [6.07, 6.45) is 0.894. The summed E-state index contributed by atoms with van der Waals surface area (Å²) in [6.45, 7) is 2.76. The maximum absolute atomic E-state index is 5.94. The number of aryl methyl sites for hydroxylation is 1. The predicted molar refractivity (Wildman–Crippen MR) is 97.1 cm³/mol. The lowest BCUT2D eigenvalue weighted by Gasteiger charge is -2.12. The van der Waals surface area contributed by atoms with Crippen LogP contribution in [0.5, 0.6) is 5.75 Å². The largest absolute Gasteiger partial charge is 0.497 e. The molecule has 22 heavy (non-hydrogen) atoms. The second kappa shape index (κ2) is 8.01. The second-order valence-corrected chi connectivity index (χ2v) is 5.78. The van der Waals surface area contributed by atoms with Crippen molar-refractivity contribution in [3.63, 3.8) is 0 Å². The smallest absolute Gasteiger partial charge is 0.170 e. The Kier molecular flexibility index (Phi) is 6.04. The van der Waals surface area contributed by atoms with Crippen LogP contribution in [0.1, 0.15) is 11.1 Å². The molecule has 2 rings (SSSR count).